The van der Waals surface area contributed by atoms with Crippen LogP contribution in [0.3, 0.4) is 0 Å². The van der Waals surface area contributed by atoms with Crippen molar-refractivity contribution in [3.8, 4) is 0 Å². The Kier molecular flexibility index (Phi) is 18.1. The van der Waals surface area contributed by atoms with Crippen LogP contribution in [0.2, 0.25) is 0 Å². The molecule has 1 heterocycles. The number of rotatable bonds is 22. The molecule has 3 atom stereocenters. The van der Waals surface area contributed by atoms with Gasteiger partial charge < -0.3 is 47.6 Å². The second kappa shape index (κ2) is 22.0. The average molecular weight is 692 g/mol. The third kappa shape index (κ3) is 15.8. The summed E-state index contributed by atoms with van der Waals surface area (Å²) in [7, 11) is 0. The summed E-state index contributed by atoms with van der Waals surface area (Å²) in [5.41, 5.74) is 6.21. The van der Waals surface area contributed by atoms with E-state index in [-0.39, 0.29) is 43.5 Å². The lowest BCUT2D eigenvalue weighted by atomic mass is 9.81. The Balaban J connectivity index is 1.84. The minimum atomic E-state index is -1.51. The molecule has 1 aromatic heterocycles. The third-order valence-electron chi connectivity index (χ3n) is 8.39. The van der Waals surface area contributed by atoms with Crippen LogP contribution in [0.25, 0.3) is 0 Å². The van der Waals surface area contributed by atoms with Crippen molar-refractivity contribution in [1.82, 2.24) is 31.6 Å². The Morgan fingerprint density at radius 3 is 1.92 bits per heavy atom. The van der Waals surface area contributed by atoms with Gasteiger partial charge in [-0.15, -0.1) is 0 Å². The molecule has 17 heteroatoms. The van der Waals surface area contributed by atoms with Crippen LogP contribution in [-0.2, 0) is 24.0 Å². The molecule has 0 spiro atoms. The number of aromatic nitrogens is 1. The van der Waals surface area contributed by atoms with Crippen molar-refractivity contribution in [2.75, 3.05) is 19.6 Å². The molecule has 0 aromatic carbocycles. The lowest BCUT2D eigenvalue weighted by Gasteiger charge is -2.28. The molecule has 272 valence electrons. The molecule has 10 N–H and O–H groups in total. The van der Waals surface area contributed by atoms with Crippen LogP contribution in [0.1, 0.15) is 87.4 Å². The maximum Gasteiger partial charge on any atom is 0.326 e. The summed E-state index contributed by atoms with van der Waals surface area (Å²) in [5.74, 6) is -4.72. The maximum atomic E-state index is 13.2. The summed E-state index contributed by atoms with van der Waals surface area (Å²) in [4.78, 5) is 88.3. The Morgan fingerprint density at radius 1 is 0.776 bits per heavy atom. The maximum absolute atomic E-state index is 13.2. The number of nitrogens with zero attached hydrogens (tertiary/aromatic N) is 1. The monoisotopic (exact) mass is 691 g/mol. The first-order valence-corrected chi connectivity index (χ1v) is 16.6. The van der Waals surface area contributed by atoms with E-state index in [0.717, 1.165) is 12.8 Å². The van der Waals surface area contributed by atoms with Gasteiger partial charge in [0.15, 0.2) is 0 Å². The van der Waals surface area contributed by atoms with Crippen LogP contribution in [0.4, 0.5) is 4.79 Å². The molecule has 0 aliphatic heterocycles. The fourth-order valence-corrected chi connectivity index (χ4v) is 5.44. The summed E-state index contributed by atoms with van der Waals surface area (Å²) in [6, 6.07) is -1.43. The number of aliphatic carboxylic acids is 3. The fourth-order valence-electron chi connectivity index (χ4n) is 5.44. The zero-order chi connectivity index (χ0) is 36.2. The molecule has 17 nitrogen and oxygen atoms in total. The first kappa shape index (κ1) is 40.4. The Morgan fingerprint density at radius 2 is 1.37 bits per heavy atom. The van der Waals surface area contributed by atoms with Crippen molar-refractivity contribution in [2.24, 2.45) is 17.6 Å². The number of amides is 5. The van der Waals surface area contributed by atoms with Gasteiger partial charge in [-0.2, -0.15) is 0 Å². The van der Waals surface area contributed by atoms with Gasteiger partial charge in [-0.25, -0.2) is 14.4 Å². The summed E-state index contributed by atoms with van der Waals surface area (Å²) in [6.45, 7) is 1.12. The van der Waals surface area contributed by atoms with Crippen molar-refractivity contribution >= 4 is 41.7 Å². The van der Waals surface area contributed by atoms with Crippen molar-refractivity contribution < 1.29 is 48.9 Å². The van der Waals surface area contributed by atoms with Gasteiger partial charge in [0.25, 0.3) is 5.91 Å². The van der Waals surface area contributed by atoms with Gasteiger partial charge in [0, 0.05) is 37.8 Å². The molecule has 1 aliphatic rings. The van der Waals surface area contributed by atoms with E-state index in [1.807, 2.05) is 0 Å². The highest BCUT2D eigenvalue weighted by molar-refractivity contribution is 5.93. The number of hydrogen-bond donors (Lipinski definition) is 9. The quantitative estimate of drug-likeness (QED) is 0.0756. The number of nitrogens with one attached hydrogen (secondary N) is 5. The first-order chi connectivity index (χ1) is 23.4. The molecular weight excluding hydrogens is 642 g/mol. The summed E-state index contributed by atoms with van der Waals surface area (Å²) < 4.78 is 0. The normalized spacial score (nSPS) is 17.4. The number of carbonyl (C=O) groups is 7. The minimum Gasteiger partial charge on any atom is -0.481 e. The van der Waals surface area contributed by atoms with Crippen LogP contribution < -0.4 is 32.3 Å². The summed E-state index contributed by atoms with van der Waals surface area (Å²) in [6.07, 6.45) is 7.27. The zero-order valence-corrected chi connectivity index (χ0v) is 27.5. The first-order valence-electron chi connectivity index (χ1n) is 16.6. The van der Waals surface area contributed by atoms with Crippen molar-refractivity contribution in [3.05, 3.63) is 30.1 Å². The number of unbranched alkanes of at least 4 members (excludes halogenated alkanes) is 2. The van der Waals surface area contributed by atoms with E-state index in [1.165, 1.54) is 6.20 Å². The highest BCUT2D eigenvalue weighted by Crippen LogP contribution is 2.28. The Bertz CT molecular complexity index is 1260. The number of nitrogens with two attached hydrogens (primary N) is 1. The predicted molar refractivity (Wildman–Crippen MR) is 175 cm³/mol. The standard InChI is InChI=1S/C32H49N7O10/c33-18-20-9-11-21(12-10-20)28(43)37-23(7-1-3-16-35-27(42)22-6-5-15-34-19-22)29(44)36-17-4-2-8-24(30(45)46)38-32(49)39-25(31(47)48)13-14-26(40)41/h5-6,15,19-21,23-25H,1-4,7-14,16-18,33H2,(H,35,42)(H,36,44)(H,37,43)(H,40,41)(H,45,46)(H,47,48)(H2,38,39,49)/t20?,21?,23-,24-,25-/m0/s1. The van der Waals surface area contributed by atoms with E-state index in [1.54, 1.807) is 18.3 Å². The number of carboxylic acids is 3. The van der Waals surface area contributed by atoms with E-state index in [9.17, 15) is 43.8 Å². The van der Waals surface area contributed by atoms with Crippen LogP contribution in [-0.4, -0.2) is 99.7 Å². The number of pyridine rings is 1. The van der Waals surface area contributed by atoms with Crippen LogP contribution in [0.5, 0.6) is 0 Å². The SMILES string of the molecule is NCC1CCC(C(=O)N[C@@H](CCCCNC(=O)c2cccnc2)C(=O)NCCCC[C@H](NC(=O)N[C@@H](CCC(=O)O)C(=O)O)C(=O)O)CC1. The molecule has 0 radical (unpaired) electrons. The predicted octanol–water partition coefficient (Wildman–Crippen LogP) is 0.589. The summed E-state index contributed by atoms with van der Waals surface area (Å²) >= 11 is 0. The highest BCUT2D eigenvalue weighted by Gasteiger charge is 2.29. The largest absolute Gasteiger partial charge is 0.481 e. The smallest absolute Gasteiger partial charge is 0.326 e. The van der Waals surface area contributed by atoms with Crippen LogP contribution in [0.15, 0.2) is 24.5 Å². The summed E-state index contributed by atoms with van der Waals surface area (Å²) in [5, 5.41) is 40.2. The number of urea groups is 1. The van der Waals surface area contributed by atoms with E-state index < -0.39 is 54.4 Å². The number of carboxylic acid groups (broad SMARTS) is 3. The fraction of sp³-hybridized carbons (Fsp3) is 0.625. The lowest BCUT2D eigenvalue weighted by molar-refractivity contribution is -0.141. The second-order valence-corrected chi connectivity index (χ2v) is 12.1. The second-order valence-electron chi connectivity index (χ2n) is 12.1. The lowest BCUT2D eigenvalue weighted by Crippen LogP contribution is -2.51. The molecule has 0 bridgehead atoms. The molecule has 1 saturated carbocycles. The molecule has 1 fully saturated rings. The Hall–Kier alpha value is -4.80. The number of carbonyl (C=O) groups excluding carboxylic acids is 4. The van der Waals surface area contributed by atoms with Gasteiger partial charge in [-0.3, -0.25) is 24.2 Å². The highest BCUT2D eigenvalue weighted by atomic mass is 16.4. The van der Waals surface area contributed by atoms with Crippen LogP contribution in [0, 0.1) is 11.8 Å². The molecule has 1 aromatic rings. The molecule has 0 saturated heterocycles. The molecular formula is C32H49N7O10. The van der Waals surface area contributed by atoms with Gasteiger partial charge in [-0.1, -0.05) is 0 Å². The van der Waals surface area contributed by atoms with Crippen molar-refractivity contribution in [2.45, 2.75) is 95.2 Å². The van der Waals surface area contributed by atoms with E-state index >= 15 is 0 Å². The van der Waals surface area contributed by atoms with Gasteiger partial charge >= 0.3 is 23.9 Å². The van der Waals surface area contributed by atoms with E-state index in [2.05, 4.69) is 31.6 Å². The van der Waals surface area contributed by atoms with E-state index in [4.69, 9.17) is 10.8 Å². The van der Waals surface area contributed by atoms with Crippen molar-refractivity contribution in [3.63, 3.8) is 0 Å². The van der Waals surface area contributed by atoms with Crippen LogP contribution >= 0.6 is 0 Å². The third-order valence-corrected chi connectivity index (χ3v) is 8.39. The Labute approximate surface area is 284 Å². The topological polar surface area (TPSA) is 279 Å². The molecule has 49 heavy (non-hydrogen) atoms. The van der Waals surface area contributed by atoms with E-state index in [0.29, 0.717) is 63.1 Å². The average Bonchev–Trinajstić information content (AvgIpc) is 3.08. The molecule has 2 rings (SSSR count). The van der Waals surface area contributed by atoms with Gasteiger partial charge in [0.2, 0.25) is 11.8 Å². The van der Waals surface area contributed by atoms with Crippen molar-refractivity contribution in [1.29, 1.82) is 0 Å². The molecule has 5 amide bonds. The number of hydrogen-bond acceptors (Lipinski definition) is 9. The minimum absolute atomic E-state index is 0.0259. The molecule has 0 unspecified atom stereocenters. The van der Waals surface area contributed by atoms with Gasteiger partial charge in [0.1, 0.15) is 18.1 Å². The molecule has 1 aliphatic carbocycles. The van der Waals surface area contributed by atoms with Gasteiger partial charge in [0.05, 0.1) is 5.56 Å². The zero-order valence-electron chi connectivity index (χ0n) is 27.5. The van der Waals surface area contributed by atoms with Gasteiger partial charge in [-0.05, 0) is 95.2 Å².